The number of nitrogens with one attached hydrogen (secondary N) is 4. The molecule has 1 atom stereocenters. The fraction of sp³-hybridized carbons (Fsp3) is 0.158. The minimum atomic E-state index is -4.16. The van der Waals surface area contributed by atoms with E-state index in [4.69, 9.17) is 23.2 Å². The van der Waals surface area contributed by atoms with E-state index in [1.807, 2.05) is 24.3 Å². The fourth-order valence-electron chi connectivity index (χ4n) is 2.82. The summed E-state index contributed by atoms with van der Waals surface area (Å²) in [6.07, 6.45) is 1.75. The number of hydrogen-bond donors (Lipinski definition) is 4. The Hall–Kier alpha value is -2.59. The van der Waals surface area contributed by atoms with Crippen LogP contribution in [0, 0.1) is 0 Å². The molecule has 1 aromatic heterocycles. The Morgan fingerprint density at radius 3 is 2.40 bits per heavy atom. The summed E-state index contributed by atoms with van der Waals surface area (Å²) < 4.78 is 27.2. The van der Waals surface area contributed by atoms with Gasteiger partial charge >= 0.3 is 0 Å². The maximum absolute atomic E-state index is 12.5. The second kappa shape index (κ2) is 9.05. The predicted molar refractivity (Wildman–Crippen MR) is 115 cm³/mol. The van der Waals surface area contributed by atoms with Crippen molar-refractivity contribution in [1.82, 2.24) is 20.6 Å². The van der Waals surface area contributed by atoms with Gasteiger partial charge in [0.05, 0.1) is 22.5 Å². The highest BCUT2D eigenvalue weighted by Crippen LogP contribution is 2.28. The van der Waals surface area contributed by atoms with Gasteiger partial charge < -0.3 is 4.98 Å². The molecule has 158 valence electrons. The van der Waals surface area contributed by atoms with Crippen molar-refractivity contribution in [3.05, 3.63) is 64.3 Å². The van der Waals surface area contributed by atoms with E-state index in [-0.39, 0.29) is 21.4 Å². The number of carbonyl (C=O) groups is 2. The van der Waals surface area contributed by atoms with Crippen LogP contribution in [0.1, 0.15) is 12.5 Å². The summed E-state index contributed by atoms with van der Waals surface area (Å²) in [6.45, 7) is 1.32. The van der Waals surface area contributed by atoms with Gasteiger partial charge in [-0.05, 0) is 30.7 Å². The van der Waals surface area contributed by atoms with Crippen LogP contribution in [0.3, 0.4) is 0 Å². The van der Waals surface area contributed by atoms with Gasteiger partial charge in [-0.3, -0.25) is 20.4 Å². The molecule has 0 aliphatic carbocycles. The molecule has 0 aliphatic rings. The SMILES string of the molecule is C[C@H](NS(=O)(=O)c1c(Cl)cccc1Cl)C(=O)NNC(=O)Cc1c[nH]c2ccccc12. The van der Waals surface area contributed by atoms with Crippen molar-refractivity contribution in [2.45, 2.75) is 24.3 Å². The van der Waals surface area contributed by atoms with Crippen molar-refractivity contribution in [1.29, 1.82) is 0 Å². The molecule has 4 N–H and O–H groups in total. The van der Waals surface area contributed by atoms with Gasteiger partial charge in [0, 0.05) is 17.1 Å². The number of rotatable bonds is 6. The number of aromatic amines is 1. The van der Waals surface area contributed by atoms with Gasteiger partial charge in [0.2, 0.25) is 15.9 Å². The van der Waals surface area contributed by atoms with Crippen LogP contribution in [0.2, 0.25) is 10.0 Å². The molecule has 11 heteroatoms. The molecule has 0 fully saturated rings. The van der Waals surface area contributed by atoms with Crippen molar-refractivity contribution in [2.75, 3.05) is 0 Å². The summed E-state index contributed by atoms with van der Waals surface area (Å²) in [5.41, 5.74) is 6.14. The quantitative estimate of drug-likeness (QED) is 0.415. The molecule has 0 saturated carbocycles. The number of H-pyrrole nitrogens is 1. The lowest BCUT2D eigenvalue weighted by atomic mass is 10.1. The number of fused-ring (bicyclic) bond motifs is 1. The third kappa shape index (κ3) is 4.93. The number of hydrazine groups is 1. The Bertz CT molecular complexity index is 1190. The Labute approximate surface area is 183 Å². The third-order valence-corrected chi connectivity index (χ3v) is 6.76. The zero-order valence-electron chi connectivity index (χ0n) is 15.7. The summed E-state index contributed by atoms with van der Waals surface area (Å²) >= 11 is 11.9. The maximum atomic E-state index is 12.5. The Balaban J connectivity index is 1.58. The normalized spacial score (nSPS) is 12.5. The smallest absolute Gasteiger partial charge is 0.256 e. The van der Waals surface area contributed by atoms with Gasteiger partial charge in [0.15, 0.2) is 0 Å². The molecule has 3 rings (SSSR count). The predicted octanol–water partition coefficient (Wildman–Crippen LogP) is 2.53. The monoisotopic (exact) mass is 468 g/mol. The number of amides is 2. The highest BCUT2D eigenvalue weighted by atomic mass is 35.5. The molecule has 8 nitrogen and oxygen atoms in total. The fourth-order valence-corrected chi connectivity index (χ4v) is 5.17. The zero-order chi connectivity index (χ0) is 21.9. The second-order valence-electron chi connectivity index (χ2n) is 6.47. The van der Waals surface area contributed by atoms with E-state index in [2.05, 4.69) is 20.6 Å². The van der Waals surface area contributed by atoms with Crippen molar-refractivity contribution < 1.29 is 18.0 Å². The zero-order valence-corrected chi connectivity index (χ0v) is 18.0. The number of hydrogen-bond acceptors (Lipinski definition) is 4. The number of sulfonamides is 1. The number of halogens is 2. The molecule has 0 aliphatic heterocycles. The number of carbonyl (C=O) groups excluding carboxylic acids is 2. The average Bonchev–Trinajstić information content (AvgIpc) is 3.08. The largest absolute Gasteiger partial charge is 0.361 e. The first-order valence-corrected chi connectivity index (χ1v) is 11.0. The molecule has 3 aromatic rings. The Morgan fingerprint density at radius 1 is 1.03 bits per heavy atom. The lowest BCUT2D eigenvalue weighted by Crippen LogP contribution is -2.51. The molecule has 1 heterocycles. The summed E-state index contributed by atoms with van der Waals surface area (Å²) in [4.78, 5) is 27.1. The summed E-state index contributed by atoms with van der Waals surface area (Å²) in [5, 5.41) is 0.751. The average molecular weight is 469 g/mol. The Morgan fingerprint density at radius 2 is 1.70 bits per heavy atom. The second-order valence-corrected chi connectivity index (χ2v) is 8.93. The minimum Gasteiger partial charge on any atom is -0.361 e. The van der Waals surface area contributed by atoms with Gasteiger partial charge in [-0.1, -0.05) is 47.5 Å². The van der Waals surface area contributed by atoms with Crippen molar-refractivity contribution in [3.8, 4) is 0 Å². The summed E-state index contributed by atoms with van der Waals surface area (Å²) in [5.74, 6) is -1.22. The van der Waals surface area contributed by atoms with Crippen LogP contribution >= 0.6 is 23.2 Å². The van der Waals surface area contributed by atoms with Crippen LogP contribution in [0.5, 0.6) is 0 Å². The Kier molecular flexibility index (Phi) is 6.67. The molecule has 0 unspecified atom stereocenters. The van der Waals surface area contributed by atoms with Gasteiger partial charge in [0.25, 0.3) is 5.91 Å². The van der Waals surface area contributed by atoms with E-state index in [0.29, 0.717) is 0 Å². The van der Waals surface area contributed by atoms with Crippen LogP contribution in [0.25, 0.3) is 10.9 Å². The first kappa shape index (κ1) is 22.1. The molecule has 0 radical (unpaired) electrons. The van der Waals surface area contributed by atoms with Gasteiger partial charge in [0.1, 0.15) is 4.90 Å². The molecule has 30 heavy (non-hydrogen) atoms. The van der Waals surface area contributed by atoms with E-state index >= 15 is 0 Å². The minimum absolute atomic E-state index is 0.0274. The van der Waals surface area contributed by atoms with E-state index < -0.39 is 27.9 Å². The van der Waals surface area contributed by atoms with E-state index in [1.54, 1.807) is 6.20 Å². The van der Waals surface area contributed by atoms with Crippen LogP contribution in [-0.2, 0) is 26.0 Å². The molecule has 0 spiro atoms. The topological polar surface area (TPSA) is 120 Å². The van der Waals surface area contributed by atoms with Crippen LogP contribution in [0.4, 0.5) is 0 Å². The third-order valence-electron chi connectivity index (χ3n) is 4.26. The maximum Gasteiger partial charge on any atom is 0.256 e. The lowest BCUT2D eigenvalue weighted by molar-refractivity contribution is -0.129. The molecular formula is C19H18Cl2N4O4S. The van der Waals surface area contributed by atoms with E-state index in [9.17, 15) is 18.0 Å². The van der Waals surface area contributed by atoms with Crippen LogP contribution in [0.15, 0.2) is 53.6 Å². The van der Waals surface area contributed by atoms with Crippen molar-refractivity contribution >= 4 is 55.9 Å². The summed E-state index contributed by atoms with van der Waals surface area (Å²) in [7, 11) is -4.16. The molecular weight excluding hydrogens is 451 g/mol. The van der Waals surface area contributed by atoms with Crippen molar-refractivity contribution in [3.63, 3.8) is 0 Å². The molecule has 0 bridgehead atoms. The van der Waals surface area contributed by atoms with Gasteiger partial charge in [-0.25, -0.2) is 8.42 Å². The first-order valence-electron chi connectivity index (χ1n) is 8.79. The van der Waals surface area contributed by atoms with Gasteiger partial charge in [-0.15, -0.1) is 0 Å². The van der Waals surface area contributed by atoms with E-state index in [0.717, 1.165) is 16.5 Å². The van der Waals surface area contributed by atoms with E-state index in [1.165, 1.54) is 25.1 Å². The molecule has 0 saturated heterocycles. The first-order chi connectivity index (χ1) is 14.2. The van der Waals surface area contributed by atoms with Crippen LogP contribution < -0.4 is 15.6 Å². The number of aromatic nitrogens is 1. The van der Waals surface area contributed by atoms with Crippen molar-refractivity contribution in [2.24, 2.45) is 0 Å². The molecule has 2 amide bonds. The van der Waals surface area contributed by atoms with Crippen LogP contribution in [-0.4, -0.2) is 31.3 Å². The van der Waals surface area contributed by atoms with Gasteiger partial charge in [-0.2, -0.15) is 4.72 Å². The summed E-state index contributed by atoms with van der Waals surface area (Å²) in [6, 6.07) is 10.6. The number of benzene rings is 2. The lowest BCUT2D eigenvalue weighted by Gasteiger charge is -2.16. The molecule has 2 aromatic carbocycles. The highest BCUT2D eigenvalue weighted by Gasteiger charge is 2.26. The number of para-hydroxylation sites is 1. The highest BCUT2D eigenvalue weighted by molar-refractivity contribution is 7.89. The standard InChI is InChI=1S/C19H18Cl2N4O4S/c1-11(25-30(28,29)18-14(20)6-4-7-15(18)21)19(27)24-23-17(26)9-12-10-22-16-8-3-2-5-13(12)16/h2-8,10-11,22,25H,9H2,1H3,(H,23,26)(H,24,27)/t11-/m0/s1.